The average molecular weight is 297 g/mol. The second-order valence-corrected chi connectivity index (χ2v) is 5.82. The van der Waals surface area contributed by atoms with Crippen molar-refractivity contribution in [3.05, 3.63) is 51.0 Å². The zero-order valence-electron chi connectivity index (χ0n) is 11.0. The second-order valence-electron chi connectivity index (χ2n) is 4.74. The van der Waals surface area contributed by atoms with Crippen LogP contribution >= 0.6 is 11.3 Å². The SMILES string of the molecule is CC(C)c1nc(Cc2cc(F)cc(F)c2)sc1C(=O)O. The van der Waals surface area contributed by atoms with Gasteiger partial charge in [-0.2, -0.15) is 0 Å². The lowest BCUT2D eigenvalue weighted by molar-refractivity contribution is 0.0700. The third kappa shape index (κ3) is 3.19. The molecule has 3 nitrogen and oxygen atoms in total. The fourth-order valence-electron chi connectivity index (χ4n) is 1.89. The Kier molecular flexibility index (Phi) is 4.13. The molecule has 0 aliphatic rings. The zero-order chi connectivity index (χ0) is 14.9. The van der Waals surface area contributed by atoms with Gasteiger partial charge < -0.3 is 5.11 Å². The molecule has 0 fully saturated rings. The summed E-state index contributed by atoms with van der Waals surface area (Å²) in [5, 5.41) is 9.67. The molecule has 0 bridgehead atoms. The number of nitrogens with zero attached hydrogens (tertiary/aromatic N) is 1. The minimum Gasteiger partial charge on any atom is -0.477 e. The third-order valence-corrected chi connectivity index (χ3v) is 3.78. The number of halogens is 2. The first kappa shape index (κ1) is 14.6. The largest absolute Gasteiger partial charge is 0.477 e. The third-order valence-electron chi connectivity index (χ3n) is 2.72. The molecule has 0 spiro atoms. The van der Waals surface area contributed by atoms with E-state index in [1.54, 1.807) is 0 Å². The summed E-state index contributed by atoms with van der Waals surface area (Å²) in [5.41, 5.74) is 0.942. The Balaban J connectivity index is 2.34. The van der Waals surface area contributed by atoms with Gasteiger partial charge in [-0.3, -0.25) is 0 Å². The highest BCUT2D eigenvalue weighted by Gasteiger charge is 2.19. The van der Waals surface area contributed by atoms with Gasteiger partial charge in [0.2, 0.25) is 0 Å². The Hall–Kier alpha value is -1.82. The molecule has 0 saturated carbocycles. The van der Waals surface area contributed by atoms with Crippen LogP contribution in [0.1, 0.15) is 45.7 Å². The van der Waals surface area contributed by atoms with E-state index in [4.69, 9.17) is 5.11 Å². The van der Waals surface area contributed by atoms with Gasteiger partial charge >= 0.3 is 5.97 Å². The lowest BCUT2D eigenvalue weighted by atomic mass is 10.1. The van der Waals surface area contributed by atoms with E-state index in [-0.39, 0.29) is 17.2 Å². The fourth-order valence-corrected chi connectivity index (χ4v) is 2.98. The van der Waals surface area contributed by atoms with Gasteiger partial charge in [-0.1, -0.05) is 13.8 Å². The van der Waals surface area contributed by atoms with Gasteiger partial charge in [0, 0.05) is 12.5 Å². The van der Waals surface area contributed by atoms with Crippen molar-refractivity contribution in [1.82, 2.24) is 4.98 Å². The Labute approximate surface area is 118 Å². The van der Waals surface area contributed by atoms with Crippen LogP contribution in [0, 0.1) is 11.6 Å². The van der Waals surface area contributed by atoms with E-state index < -0.39 is 17.6 Å². The topological polar surface area (TPSA) is 50.2 Å². The normalized spacial score (nSPS) is 11.1. The summed E-state index contributed by atoms with van der Waals surface area (Å²) in [5.74, 6) is -2.35. The molecule has 1 aromatic carbocycles. The lowest BCUT2D eigenvalue weighted by Crippen LogP contribution is -2.00. The lowest BCUT2D eigenvalue weighted by Gasteiger charge is -2.01. The van der Waals surface area contributed by atoms with Crippen LogP contribution in [0.4, 0.5) is 8.78 Å². The monoisotopic (exact) mass is 297 g/mol. The number of carboxylic acid groups (broad SMARTS) is 1. The molecule has 1 aromatic heterocycles. The van der Waals surface area contributed by atoms with E-state index in [0.717, 1.165) is 17.4 Å². The summed E-state index contributed by atoms with van der Waals surface area (Å²) in [4.78, 5) is 15.6. The molecule has 0 unspecified atom stereocenters. The Bertz CT molecular complexity index is 632. The summed E-state index contributed by atoms with van der Waals surface area (Å²) in [6, 6.07) is 3.24. The Morgan fingerprint density at radius 2 is 1.90 bits per heavy atom. The number of aromatic nitrogens is 1. The van der Waals surface area contributed by atoms with E-state index >= 15 is 0 Å². The van der Waals surface area contributed by atoms with Crippen molar-refractivity contribution in [1.29, 1.82) is 0 Å². The first-order chi connectivity index (χ1) is 9.36. The van der Waals surface area contributed by atoms with Crippen LogP contribution in [0.5, 0.6) is 0 Å². The zero-order valence-corrected chi connectivity index (χ0v) is 11.8. The molecule has 106 valence electrons. The first-order valence-electron chi connectivity index (χ1n) is 6.04. The molecule has 0 saturated heterocycles. The quantitative estimate of drug-likeness (QED) is 0.933. The summed E-state index contributed by atoms with van der Waals surface area (Å²) < 4.78 is 26.2. The molecule has 0 aliphatic carbocycles. The maximum absolute atomic E-state index is 13.1. The molecule has 1 heterocycles. The van der Waals surface area contributed by atoms with Gasteiger partial charge in [-0.25, -0.2) is 18.6 Å². The smallest absolute Gasteiger partial charge is 0.347 e. The predicted octanol–water partition coefficient (Wildman–Crippen LogP) is 3.83. The molecule has 0 atom stereocenters. The van der Waals surface area contributed by atoms with Gasteiger partial charge in [0.25, 0.3) is 0 Å². The Morgan fingerprint density at radius 3 is 2.35 bits per heavy atom. The standard InChI is InChI=1S/C14H13F2NO2S/c1-7(2)12-13(14(18)19)20-11(17-12)5-8-3-9(15)6-10(16)4-8/h3-4,6-7H,5H2,1-2H3,(H,18,19). The fraction of sp³-hybridized carbons (Fsp3) is 0.286. The molecule has 0 radical (unpaired) electrons. The van der Waals surface area contributed by atoms with Crippen LogP contribution in [0.25, 0.3) is 0 Å². The molecule has 0 aliphatic heterocycles. The van der Waals surface area contributed by atoms with Gasteiger partial charge in [-0.15, -0.1) is 11.3 Å². The summed E-state index contributed by atoms with van der Waals surface area (Å²) in [6.07, 6.45) is 0.215. The van der Waals surface area contributed by atoms with Gasteiger partial charge in [0.15, 0.2) is 0 Å². The highest BCUT2D eigenvalue weighted by Crippen LogP contribution is 2.27. The van der Waals surface area contributed by atoms with Crippen molar-refractivity contribution in [3.8, 4) is 0 Å². The van der Waals surface area contributed by atoms with Crippen molar-refractivity contribution in [3.63, 3.8) is 0 Å². The highest BCUT2D eigenvalue weighted by molar-refractivity contribution is 7.13. The number of aromatic carboxylic acids is 1. The number of benzene rings is 1. The van der Waals surface area contributed by atoms with Gasteiger partial charge in [0.1, 0.15) is 16.5 Å². The van der Waals surface area contributed by atoms with E-state index in [1.807, 2.05) is 13.8 Å². The van der Waals surface area contributed by atoms with Crippen LogP contribution in [0.2, 0.25) is 0 Å². The summed E-state index contributed by atoms with van der Waals surface area (Å²) in [7, 11) is 0. The van der Waals surface area contributed by atoms with Crippen LogP contribution in [-0.2, 0) is 6.42 Å². The van der Waals surface area contributed by atoms with Crippen molar-refractivity contribution in [2.75, 3.05) is 0 Å². The van der Waals surface area contributed by atoms with Crippen LogP contribution < -0.4 is 0 Å². The van der Waals surface area contributed by atoms with E-state index in [2.05, 4.69) is 4.98 Å². The maximum Gasteiger partial charge on any atom is 0.347 e. The van der Waals surface area contributed by atoms with Crippen molar-refractivity contribution in [2.45, 2.75) is 26.2 Å². The molecule has 0 amide bonds. The number of carbonyl (C=O) groups is 1. The first-order valence-corrected chi connectivity index (χ1v) is 6.86. The van der Waals surface area contributed by atoms with Crippen molar-refractivity contribution < 1.29 is 18.7 Å². The second kappa shape index (κ2) is 5.66. The Morgan fingerprint density at radius 1 is 1.30 bits per heavy atom. The van der Waals surface area contributed by atoms with Gasteiger partial charge in [-0.05, 0) is 23.6 Å². The van der Waals surface area contributed by atoms with E-state index in [1.165, 1.54) is 12.1 Å². The molecule has 6 heteroatoms. The number of hydrogen-bond acceptors (Lipinski definition) is 3. The summed E-state index contributed by atoms with van der Waals surface area (Å²) >= 11 is 1.05. The van der Waals surface area contributed by atoms with E-state index in [0.29, 0.717) is 16.3 Å². The molecule has 20 heavy (non-hydrogen) atoms. The number of rotatable bonds is 4. The van der Waals surface area contributed by atoms with Gasteiger partial charge in [0.05, 0.1) is 10.7 Å². The summed E-state index contributed by atoms with van der Waals surface area (Å²) in [6.45, 7) is 3.71. The van der Waals surface area contributed by atoms with Crippen LogP contribution in [0.15, 0.2) is 18.2 Å². The molecular weight excluding hydrogens is 284 g/mol. The molecule has 1 N–H and O–H groups in total. The molecule has 2 rings (SSSR count). The highest BCUT2D eigenvalue weighted by atomic mass is 32.1. The van der Waals surface area contributed by atoms with Crippen molar-refractivity contribution >= 4 is 17.3 Å². The molecular formula is C14H13F2NO2S. The average Bonchev–Trinajstić information content (AvgIpc) is 2.71. The minimum absolute atomic E-state index is 0.0182. The minimum atomic E-state index is -1.03. The van der Waals surface area contributed by atoms with Crippen LogP contribution in [-0.4, -0.2) is 16.1 Å². The number of hydrogen-bond donors (Lipinski definition) is 1. The number of carboxylic acids is 1. The van der Waals surface area contributed by atoms with Crippen molar-refractivity contribution in [2.24, 2.45) is 0 Å². The molecule has 2 aromatic rings. The van der Waals surface area contributed by atoms with E-state index in [9.17, 15) is 13.6 Å². The predicted molar refractivity (Wildman–Crippen MR) is 72.3 cm³/mol. The number of thiazole rings is 1. The maximum atomic E-state index is 13.1. The van der Waals surface area contributed by atoms with Crippen LogP contribution in [0.3, 0.4) is 0 Å².